The molecule has 0 radical (unpaired) electrons. The Bertz CT molecular complexity index is 1090. The molecule has 31 heavy (non-hydrogen) atoms. The van der Waals surface area contributed by atoms with Gasteiger partial charge in [0, 0.05) is 25.9 Å². The largest absolute Gasteiger partial charge is 0.383 e. The summed E-state index contributed by atoms with van der Waals surface area (Å²) in [4.78, 5) is 32.6. The quantitative estimate of drug-likeness (QED) is 0.590. The lowest BCUT2D eigenvalue weighted by atomic mass is 10.1. The molecule has 164 valence electrons. The van der Waals surface area contributed by atoms with E-state index in [0.717, 1.165) is 12.1 Å². The van der Waals surface area contributed by atoms with Crippen LogP contribution in [0, 0.1) is 0 Å². The Morgan fingerprint density at radius 2 is 1.87 bits per heavy atom. The summed E-state index contributed by atoms with van der Waals surface area (Å²) in [5, 5.41) is 3.53. The lowest BCUT2D eigenvalue weighted by Gasteiger charge is -2.30. The SMILES string of the molecule is CCc1ccc(NC(=O)N(CCOC)C(C)c2nc3ccccc3c(=O)n2CC)cc1. The average molecular weight is 423 g/mol. The molecule has 0 saturated carbocycles. The van der Waals surface area contributed by atoms with Crippen molar-refractivity contribution >= 4 is 22.6 Å². The summed E-state index contributed by atoms with van der Waals surface area (Å²) in [5.41, 5.74) is 2.45. The molecule has 1 atom stereocenters. The predicted octanol–water partition coefficient (Wildman–Crippen LogP) is 4.22. The molecule has 0 spiro atoms. The van der Waals surface area contributed by atoms with Crippen LogP contribution >= 0.6 is 0 Å². The number of rotatable bonds is 8. The summed E-state index contributed by atoms with van der Waals surface area (Å²) in [6.07, 6.45) is 0.938. The van der Waals surface area contributed by atoms with Crippen molar-refractivity contribution in [3.05, 3.63) is 70.3 Å². The van der Waals surface area contributed by atoms with Gasteiger partial charge in [-0.25, -0.2) is 9.78 Å². The lowest BCUT2D eigenvalue weighted by Crippen LogP contribution is -2.41. The zero-order valence-electron chi connectivity index (χ0n) is 18.6. The number of hydrogen-bond acceptors (Lipinski definition) is 4. The van der Waals surface area contributed by atoms with Crippen LogP contribution in [0.1, 0.15) is 38.2 Å². The molecule has 2 amide bonds. The zero-order valence-corrected chi connectivity index (χ0v) is 18.6. The van der Waals surface area contributed by atoms with E-state index in [-0.39, 0.29) is 11.6 Å². The molecule has 0 fully saturated rings. The van der Waals surface area contributed by atoms with Gasteiger partial charge >= 0.3 is 6.03 Å². The standard InChI is InChI=1S/C24H30N4O3/c1-5-18-11-13-19(14-12-18)25-24(30)28(15-16-31-4)17(3)22-26-21-10-8-7-9-20(21)23(29)27(22)6-2/h7-14,17H,5-6,15-16H2,1-4H3,(H,25,30). The molecule has 1 aromatic heterocycles. The summed E-state index contributed by atoms with van der Waals surface area (Å²) in [6.45, 7) is 7.08. The van der Waals surface area contributed by atoms with Crippen LogP contribution in [0.2, 0.25) is 0 Å². The zero-order chi connectivity index (χ0) is 22.4. The topological polar surface area (TPSA) is 76.5 Å². The van der Waals surface area contributed by atoms with Gasteiger partial charge in [-0.15, -0.1) is 0 Å². The molecule has 7 nitrogen and oxygen atoms in total. The third-order valence-corrected chi connectivity index (χ3v) is 5.46. The van der Waals surface area contributed by atoms with Crippen LogP contribution in [0.4, 0.5) is 10.5 Å². The number of aromatic nitrogens is 2. The minimum atomic E-state index is -0.428. The molecule has 7 heteroatoms. The van der Waals surface area contributed by atoms with E-state index in [0.29, 0.717) is 36.4 Å². The van der Waals surface area contributed by atoms with E-state index in [9.17, 15) is 9.59 Å². The van der Waals surface area contributed by atoms with Crippen molar-refractivity contribution in [1.82, 2.24) is 14.5 Å². The molecule has 0 aliphatic rings. The number of carbonyl (C=O) groups excluding carboxylic acids is 1. The van der Waals surface area contributed by atoms with Gasteiger partial charge in [0.05, 0.1) is 23.6 Å². The molecular formula is C24H30N4O3. The number of urea groups is 1. The first-order valence-electron chi connectivity index (χ1n) is 10.6. The number of benzene rings is 2. The normalized spacial score (nSPS) is 12.0. The van der Waals surface area contributed by atoms with E-state index in [2.05, 4.69) is 12.2 Å². The second-order valence-corrected chi connectivity index (χ2v) is 7.38. The van der Waals surface area contributed by atoms with Crippen molar-refractivity contribution in [2.45, 2.75) is 39.8 Å². The van der Waals surface area contributed by atoms with Gasteiger partial charge in [0.2, 0.25) is 0 Å². The lowest BCUT2D eigenvalue weighted by molar-refractivity contribution is 0.136. The van der Waals surface area contributed by atoms with Crippen LogP contribution in [-0.4, -0.2) is 40.7 Å². The van der Waals surface area contributed by atoms with E-state index < -0.39 is 6.04 Å². The van der Waals surface area contributed by atoms with E-state index in [1.54, 1.807) is 22.6 Å². The fourth-order valence-corrected chi connectivity index (χ4v) is 3.63. The molecule has 1 heterocycles. The van der Waals surface area contributed by atoms with Crippen molar-refractivity contribution in [3.63, 3.8) is 0 Å². The molecule has 0 bridgehead atoms. The third kappa shape index (κ3) is 4.94. The van der Waals surface area contributed by atoms with Crippen molar-refractivity contribution in [1.29, 1.82) is 0 Å². The van der Waals surface area contributed by atoms with Crippen molar-refractivity contribution in [2.24, 2.45) is 0 Å². The maximum atomic E-state index is 13.2. The number of ether oxygens (including phenoxy) is 1. The molecule has 0 aliphatic carbocycles. The summed E-state index contributed by atoms with van der Waals surface area (Å²) in [7, 11) is 1.60. The number of aryl methyl sites for hydroxylation is 1. The number of nitrogens with one attached hydrogen (secondary N) is 1. The molecule has 0 saturated heterocycles. The first-order valence-corrected chi connectivity index (χ1v) is 10.6. The van der Waals surface area contributed by atoms with Crippen LogP contribution in [0.25, 0.3) is 10.9 Å². The van der Waals surface area contributed by atoms with Gasteiger partial charge in [0.15, 0.2) is 0 Å². The first kappa shape index (κ1) is 22.5. The highest BCUT2D eigenvalue weighted by atomic mass is 16.5. The maximum Gasteiger partial charge on any atom is 0.322 e. The Kier molecular flexibility index (Phi) is 7.41. The second kappa shape index (κ2) is 10.2. The number of anilines is 1. The number of methoxy groups -OCH3 is 1. The molecular weight excluding hydrogens is 392 g/mol. The Hall–Kier alpha value is -3.19. The Labute approximate surface area is 182 Å². The van der Waals surface area contributed by atoms with Gasteiger partial charge in [-0.2, -0.15) is 0 Å². The highest BCUT2D eigenvalue weighted by molar-refractivity contribution is 5.89. The van der Waals surface area contributed by atoms with Crippen LogP contribution < -0.4 is 10.9 Å². The smallest absolute Gasteiger partial charge is 0.322 e. The number of amides is 2. The van der Waals surface area contributed by atoms with Gasteiger partial charge in [-0.05, 0) is 50.1 Å². The molecule has 2 aromatic carbocycles. The predicted molar refractivity (Wildman–Crippen MR) is 124 cm³/mol. The summed E-state index contributed by atoms with van der Waals surface area (Å²) in [6, 6.07) is 14.4. The fourth-order valence-electron chi connectivity index (χ4n) is 3.63. The van der Waals surface area contributed by atoms with Gasteiger partial charge in [0.1, 0.15) is 5.82 Å². The number of carbonyl (C=O) groups is 1. The second-order valence-electron chi connectivity index (χ2n) is 7.38. The molecule has 3 aromatic rings. The Balaban J connectivity index is 1.96. The third-order valence-electron chi connectivity index (χ3n) is 5.46. The summed E-state index contributed by atoms with van der Waals surface area (Å²) < 4.78 is 6.86. The van der Waals surface area contributed by atoms with Crippen LogP contribution in [0.5, 0.6) is 0 Å². The van der Waals surface area contributed by atoms with E-state index in [1.165, 1.54) is 5.56 Å². The van der Waals surface area contributed by atoms with Gasteiger partial charge < -0.3 is 15.0 Å². The summed E-state index contributed by atoms with van der Waals surface area (Å²) >= 11 is 0. The van der Waals surface area contributed by atoms with Gasteiger partial charge in [-0.3, -0.25) is 9.36 Å². The van der Waals surface area contributed by atoms with E-state index >= 15 is 0 Å². The Morgan fingerprint density at radius 1 is 1.16 bits per heavy atom. The van der Waals surface area contributed by atoms with Gasteiger partial charge in [0.25, 0.3) is 5.56 Å². The van der Waals surface area contributed by atoms with Crippen molar-refractivity contribution in [3.8, 4) is 0 Å². The van der Waals surface area contributed by atoms with Crippen LogP contribution in [0.3, 0.4) is 0 Å². The monoisotopic (exact) mass is 422 g/mol. The molecule has 3 rings (SSSR count). The molecule has 0 aliphatic heterocycles. The number of fused-ring (bicyclic) bond motifs is 1. The number of para-hydroxylation sites is 1. The average Bonchev–Trinajstić information content (AvgIpc) is 2.79. The maximum absolute atomic E-state index is 13.2. The number of nitrogens with zero attached hydrogens (tertiary/aromatic N) is 3. The molecule has 1 N–H and O–H groups in total. The highest BCUT2D eigenvalue weighted by Gasteiger charge is 2.26. The Morgan fingerprint density at radius 3 is 2.52 bits per heavy atom. The van der Waals surface area contributed by atoms with Crippen LogP contribution in [-0.2, 0) is 17.7 Å². The minimum absolute atomic E-state index is 0.0998. The van der Waals surface area contributed by atoms with Crippen molar-refractivity contribution in [2.75, 3.05) is 25.6 Å². The number of hydrogen-bond donors (Lipinski definition) is 1. The fraction of sp³-hybridized carbons (Fsp3) is 0.375. The van der Waals surface area contributed by atoms with E-state index in [4.69, 9.17) is 9.72 Å². The van der Waals surface area contributed by atoms with Gasteiger partial charge in [-0.1, -0.05) is 31.2 Å². The van der Waals surface area contributed by atoms with Crippen molar-refractivity contribution < 1.29 is 9.53 Å². The first-order chi connectivity index (χ1) is 15.0. The minimum Gasteiger partial charge on any atom is -0.383 e. The molecule has 1 unspecified atom stereocenters. The summed E-state index contributed by atoms with van der Waals surface area (Å²) in [5.74, 6) is 0.554. The highest BCUT2D eigenvalue weighted by Crippen LogP contribution is 2.21. The van der Waals surface area contributed by atoms with Crippen LogP contribution in [0.15, 0.2) is 53.3 Å². The van der Waals surface area contributed by atoms with E-state index in [1.807, 2.05) is 56.3 Å².